The molecule has 0 aliphatic heterocycles. The minimum absolute atomic E-state index is 0.0853. The van der Waals surface area contributed by atoms with Crippen LogP contribution in [0.25, 0.3) is 0 Å². The summed E-state index contributed by atoms with van der Waals surface area (Å²) < 4.78 is 5.06. The van der Waals surface area contributed by atoms with E-state index in [2.05, 4.69) is 17.1 Å². The van der Waals surface area contributed by atoms with Crippen LogP contribution in [0.3, 0.4) is 0 Å². The van der Waals surface area contributed by atoms with Crippen LogP contribution in [0.5, 0.6) is 0 Å². The Bertz CT molecular complexity index is 271. The zero-order valence-electron chi connectivity index (χ0n) is 9.03. The molecule has 1 N–H and O–H groups in total. The fraction of sp³-hybridized carbons (Fsp3) is 0.800. The van der Waals surface area contributed by atoms with Gasteiger partial charge in [0.05, 0.1) is 12.0 Å². The highest BCUT2D eigenvalue weighted by atomic mass is 16.5. The van der Waals surface area contributed by atoms with Crippen LogP contribution < -0.4 is 0 Å². The minimum Gasteiger partial charge on any atom is -0.393 e. The van der Waals surface area contributed by atoms with Gasteiger partial charge in [-0.25, -0.2) is 0 Å². The molecule has 2 unspecified atom stereocenters. The molecule has 0 saturated carbocycles. The van der Waals surface area contributed by atoms with E-state index < -0.39 is 6.10 Å². The Morgan fingerprint density at radius 2 is 2.14 bits per heavy atom. The summed E-state index contributed by atoms with van der Waals surface area (Å²) in [4.78, 5) is 4.23. The second-order valence-corrected chi connectivity index (χ2v) is 3.68. The molecule has 4 nitrogen and oxygen atoms in total. The summed E-state index contributed by atoms with van der Waals surface area (Å²) in [6.45, 7) is 5.72. The molecular weight excluding hydrogens is 180 g/mol. The van der Waals surface area contributed by atoms with Gasteiger partial charge in [-0.1, -0.05) is 25.4 Å². The lowest BCUT2D eigenvalue weighted by Gasteiger charge is -2.07. The smallest absolute Gasteiger partial charge is 0.232 e. The maximum absolute atomic E-state index is 9.33. The second kappa shape index (κ2) is 5.10. The van der Waals surface area contributed by atoms with Gasteiger partial charge in [-0.3, -0.25) is 0 Å². The Morgan fingerprint density at radius 3 is 2.71 bits per heavy atom. The topological polar surface area (TPSA) is 59.2 Å². The van der Waals surface area contributed by atoms with Crippen molar-refractivity contribution in [3.8, 4) is 0 Å². The molecule has 0 radical (unpaired) electrons. The fourth-order valence-electron chi connectivity index (χ4n) is 1.10. The number of hydrogen-bond donors (Lipinski definition) is 1. The van der Waals surface area contributed by atoms with Crippen molar-refractivity contribution in [2.75, 3.05) is 0 Å². The number of aromatic nitrogens is 2. The molecule has 0 aliphatic carbocycles. The number of aliphatic hydroxyl groups excluding tert-OH is 1. The van der Waals surface area contributed by atoms with E-state index in [0.29, 0.717) is 5.89 Å². The molecule has 1 rings (SSSR count). The van der Waals surface area contributed by atoms with Crippen molar-refractivity contribution in [3.05, 3.63) is 11.7 Å². The van der Waals surface area contributed by atoms with Crippen molar-refractivity contribution in [1.82, 2.24) is 10.1 Å². The number of nitrogens with zero attached hydrogens (tertiary/aromatic N) is 2. The van der Waals surface area contributed by atoms with Crippen molar-refractivity contribution in [3.63, 3.8) is 0 Å². The van der Waals surface area contributed by atoms with Crippen LogP contribution in [0.2, 0.25) is 0 Å². The summed E-state index contributed by atoms with van der Waals surface area (Å²) in [5.41, 5.74) is 0. The summed E-state index contributed by atoms with van der Waals surface area (Å²) in [5.74, 6) is 1.19. The number of rotatable bonds is 5. The second-order valence-electron chi connectivity index (χ2n) is 3.68. The zero-order chi connectivity index (χ0) is 10.6. The highest BCUT2D eigenvalue weighted by Gasteiger charge is 2.18. The Labute approximate surface area is 84.3 Å². The number of hydrogen-bond acceptors (Lipinski definition) is 4. The van der Waals surface area contributed by atoms with E-state index in [1.54, 1.807) is 6.92 Å². The van der Waals surface area contributed by atoms with Gasteiger partial charge in [0.25, 0.3) is 0 Å². The standard InChI is InChI=1S/C10H18N2O2/c1-4-5-6-9-11-10(14-12-9)7(2)8(3)13/h7-8,13H,4-6H2,1-3H3. The van der Waals surface area contributed by atoms with Gasteiger partial charge in [0.1, 0.15) is 0 Å². The van der Waals surface area contributed by atoms with Crippen LogP contribution in [0.4, 0.5) is 0 Å². The van der Waals surface area contributed by atoms with Crippen molar-refractivity contribution < 1.29 is 9.63 Å². The Balaban J connectivity index is 2.58. The van der Waals surface area contributed by atoms with E-state index in [0.717, 1.165) is 25.1 Å². The van der Waals surface area contributed by atoms with Gasteiger partial charge < -0.3 is 9.63 Å². The summed E-state index contributed by atoms with van der Waals surface area (Å²) in [7, 11) is 0. The molecule has 0 aromatic carbocycles. The van der Waals surface area contributed by atoms with Gasteiger partial charge >= 0.3 is 0 Å². The van der Waals surface area contributed by atoms with E-state index in [1.165, 1.54) is 0 Å². The van der Waals surface area contributed by atoms with Gasteiger partial charge in [0.15, 0.2) is 5.82 Å². The average molecular weight is 198 g/mol. The molecular formula is C10H18N2O2. The van der Waals surface area contributed by atoms with E-state index in [4.69, 9.17) is 4.52 Å². The van der Waals surface area contributed by atoms with Crippen molar-refractivity contribution in [1.29, 1.82) is 0 Å². The highest BCUT2D eigenvalue weighted by Crippen LogP contribution is 2.17. The molecule has 1 aromatic heterocycles. The third-order valence-corrected chi connectivity index (χ3v) is 2.35. The summed E-state index contributed by atoms with van der Waals surface area (Å²) in [6.07, 6.45) is 2.60. The largest absolute Gasteiger partial charge is 0.393 e. The third kappa shape index (κ3) is 2.80. The highest BCUT2D eigenvalue weighted by molar-refractivity contribution is 4.94. The summed E-state index contributed by atoms with van der Waals surface area (Å²) in [5, 5.41) is 13.2. The van der Waals surface area contributed by atoms with Gasteiger partial charge in [-0.15, -0.1) is 0 Å². The predicted octanol–water partition coefficient (Wildman–Crippen LogP) is 1.90. The third-order valence-electron chi connectivity index (χ3n) is 2.35. The predicted molar refractivity (Wildman–Crippen MR) is 53.0 cm³/mol. The fourth-order valence-corrected chi connectivity index (χ4v) is 1.10. The van der Waals surface area contributed by atoms with Crippen LogP contribution in [0.15, 0.2) is 4.52 Å². The first-order chi connectivity index (χ1) is 6.65. The van der Waals surface area contributed by atoms with Crippen molar-refractivity contribution in [2.45, 2.75) is 52.1 Å². The Kier molecular flexibility index (Phi) is 4.07. The first-order valence-electron chi connectivity index (χ1n) is 5.15. The molecule has 0 bridgehead atoms. The molecule has 14 heavy (non-hydrogen) atoms. The SMILES string of the molecule is CCCCc1noc(C(C)C(C)O)n1. The quantitative estimate of drug-likeness (QED) is 0.785. The molecule has 0 fully saturated rings. The van der Waals surface area contributed by atoms with Gasteiger partial charge in [0, 0.05) is 6.42 Å². The molecule has 1 heterocycles. The first-order valence-corrected chi connectivity index (χ1v) is 5.15. The lowest BCUT2D eigenvalue weighted by molar-refractivity contribution is 0.151. The molecule has 2 atom stereocenters. The van der Waals surface area contributed by atoms with E-state index in [1.807, 2.05) is 6.92 Å². The summed E-state index contributed by atoms with van der Waals surface area (Å²) >= 11 is 0. The van der Waals surface area contributed by atoms with E-state index in [9.17, 15) is 5.11 Å². The van der Waals surface area contributed by atoms with Gasteiger partial charge in [-0.05, 0) is 13.3 Å². The molecule has 0 amide bonds. The Hall–Kier alpha value is -0.900. The molecule has 0 saturated heterocycles. The monoisotopic (exact) mass is 198 g/mol. The first kappa shape index (κ1) is 11.2. The number of aryl methyl sites for hydroxylation is 1. The minimum atomic E-state index is -0.450. The average Bonchev–Trinajstić information content (AvgIpc) is 2.61. The lowest BCUT2D eigenvalue weighted by Crippen LogP contribution is -2.11. The maximum Gasteiger partial charge on any atom is 0.232 e. The maximum atomic E-state index is 9.33. The van der Waals surface area contributed by atoms with Gasteiger partial charge in [-0.2, -0.15) is 4.98 Å². The van der Waals surface area contributed by atoms with Gasteiger partial charge in [0.2, 0.25) is 5.89 Å². The summed E-state index contributed by atoms with van der Waals surface area (Å²) in [6, 6.07) is 0. The van der Waals surface area contributed by atoms with Crippen LogP contribution in [-0.2, 0) is 6.42 Å². The van der Waals surface area contributed by atoms with Crippen molar-refractivity contribution >= 4 is 0 Å². The molecule has 1 aromatic rings. The number of unbranched alkanes of at least 4 members (excludes halogenated alkanes) is 1. The van der Waals surface area contributed by atoms with Crippen LogP contribution in [-0.4, -0.2) is 21.4 Å². The van der Waals surface area contributed by atoms with Crippen LogP contribution in [0, 0.1) is 0 Å². The normalized spacial score (nSPS) is 15.4. The lowest BCUT2D eigenvalue weighted by atomic mass is 10.1. The molecule has 0 spiro atoms. The molecule has 80 valence electrons. The zero-order valence-corrected chi connectivity index (χ0v) is 9.03. The molecule has 4 heteroatoms. The van der Waals surface area contributed by atoms with Crippen LogP contribution in [0.1, 0.15) is 51.2 Å². The van der Waals surface area contributed by atoms with E-state index >= 15 is 0 Å². The van der Waals surface area contributed by atoms with Crippen molar-refractivity contribution in [2.24, 2.45) is 0 Å². The van der Waals surface area contributed by atoms with E-state index in [-0.39, 0.29) is 5.92 Å². The number of aliphatic hydroxyl groups is 1. The molecule has 0 aliphatic rings. The Morgan fingerprint density at radius 1 is 1.43 bits per heavy atom. The van der Waals surface area contributed by atoms with Crippen LogP contribution >= 0.6 is 0 Å².